The molecule has 1 aliphatic heterocycles. The summed E-state index contributed by atoms with van der Waals surface area (Å²) in [4.78, 5) is 0.302. The molecular weight excluding hydrogens is 355 g/mol. The molecule has 2 aromatic carbocycles. The smallest absolute Gasteiger partial charge is 0.243 e. The Morgan fingerprint density at radius 2 is 1.43 bits per heavy atom. The minimum atomic E-state index is -3.44. The summed E-state index contributed by atoms with van der Waals surface area (Å²) in [5.41, 5.74) is 1.72. The van der Waals surface area contributed by atoms with Crippen LogP contribution in [0.25, 0.3) is 11.1 Å². The van der Waals surface area contributed by atoms with Crippen LogP contribution in [-0.4, -0.2) is 38.9 Å². The monoisotopic (exact) mass is 370 g/mol. The third-order valence-corrected chi connectivity index (χ3v) is 6.11. The van der Waals surface area contributed by atoms with Gasteiger partial charge in [0.2, 0.25) is 10.0 Å². The number of benzene rings is 2. The Labute approximate surface area is 146 Å². The zero-order valence-corrected chi connectivity index (χ0v) is 14.6. The Bertz CT molecular complexity index is 781. The highest BCUT2D eigenvalue weighted by Gasteiger charge is 2.25. The fourth-order valence-electron chi connectivity index (χ4n) is 2.57. The van der Waals surface area contributed by atoms with E-state index < -0.39 is 10.0 Å². The molecule has 0 spiro atoms. The Morgan fingerprint density at radius 3 is 2.00 bits per heavy atom. The van der Waals surface area contributed by atoms with E-state index in [-0.39, 0.29) is 0 Å². The predicted molar refractivity (Wildman–Crippen MR) is 93.5 cm³/mol. The number of hydrogen-bond donors (Lipinski definition) is 1. The van der Waals surface area contributed by atoms with Gasteiger partial charge >= 0.3 is 0 Å². The lowest BCUT2D eigenvalue weighted by Crippen LogP contribution is -2.46. The van der Waals surface area contributed by atoms with Crippen LogP contribution in [0.4, 0.5) is 0 Å². The zero-order valence-electron chi connectivity index (χ0n) is 12.3. The van der Waals surface area contributed by atoms with Crippen LogP contribution in [0.5, 0.6) is 0 Å². The van der Waals surface area contributed by atoms with Crippen LogP contribution in [0.2, 0.25) is 10.0 Å². The van der Waals surface area contributed by atoms with Gasteiger partial charge in [0.1, 0.15) is 0 Å². The third-order valence-electron chi connectivity index (χ3n) is 3.76. The van der Waals surface area contributed by atoms with E-state index in [2.05, 4.69) is 5.32 Å². The molecule has 2 aromatic rings. The van der Waals surface area contributed by atoms with Gasteiger partial charge in [0.15, 0.2) is 0 Å². The molecule has 1 heterocycles. The van der Waals surface area contributed by atoms with Gasteiger partial charge in [0.05, 0.1) is 4.90 Å². The molecule has 7 heteroatoms. The maximum atomic E-state index is 12.6. The molecule has 1 N–H and O–H groups in total. The van der Waals surface area contributed by atoms with Crippen molar-refractivity contribution in [3.63, 3.8) is 0 Å². The van der Waals surface area contributed by atoms with Gasteiger partial charge in [0, 0.05) is 36.2 Å². The van der Waals surface area contributed by atoms with E-state index >= 15 is 0 Å². The van der Waals surface area contributed by atoms with Crippen LogP contribution in [-0.2, 0) is 10.0 Å². The number of halogens is 2. The summed E-state index contributed by atoms with van der Waals surface area (Å²) in [6.07, 6.45) is 0. The molecule has 4 nitrogen and oxygen atoms in total. The average molecular weight is 371 g/mol. The Kier molecular flexibility index (Phi) is 4.94. The molecule has 1 fully saturated rings. The van der Waals surface area contributed by atoms with E-state index in [0.29, 0.717) is 41.1 Å². The number of nitrogens with zero attached hydrogens (tertiary/aromatic N) is 1. The van der Waals surface area contributed by atoms with E-state index in [0.717, 1.165) is 11.1 Å². The largest absolute Gasteiger partial charge is 0.314 e. The molecule has 3 rings (SSSR count). The molecule has 0 radical (unpaired) electrons. The lowest BCUT2D eigenvalue weighted by atomic mass is 10.1. The van der Waals surface area contributed by atoms with Gasteiger partial charge in [-0.3, -0.25) is 0 Å². The normalized spacial score (nSPS) is 16.4. The number of nitrogens with one attached hydrogen (secondary N) is 1. The minimum Gasteiger partial charge on any atom is -0.314 e. The van der Waals surface area contributed by atoms with Crippen molar-refractivity contribution in [2.45, 2.75) is 4.90 Å². The number of hydrogen-bond acceptors (Lipinski definition) is 3. The molecule has 1 aliphatic rings. The van der Waals surface area contributed by atoms with E-state index in [9.17, 15) is 8.42 Å². The van der Waals surface area contributed by atoms with E-state index in [1.165, 1.54) is 4.31 Å². The van der Waals surface area contributed by atoms with Gasteiger partial charge in [-0.15, -0.1) is 0 Å². The number of rotatable bonds is 3. The van der Waals surface area contributed by atoms with Gasteiger partial charge < -0.3 is 5.32 Å². The van der Waals surface area contributed by atoms with Crippen molar-refractivity contribution in [3.8, 4) is 11.1 Å². The zero-order chi connectivity index (χ0) is 16.4. The Balaban J connectivity index is 1.89. The van der Waals surface area contributed by atoms with E-state index in [1.807, 2.05) is 0 Å². The molecule has 0 unspecified atom stereocenters. The van der Waals surface area contributed by atoms with Crippen molar-refractivity contribution in [1.82, 2.24) is 9.62 Å². The number of piperazine rings is 1. The van der Waals surface area contributed by atoms with Crippen LogP contribution < -0.4 is 5.32 Å². The second-order valence-electron chi connectivity index (χ2n) is 5.34. The molecule has 0 saturated carbocycles. The molecular formula is C16H16Cl2N2O2S. The lowest BCUT2D eigenvalue weighted by Gasteiger charge is -2.26. The number of sulfonamides is 1. The summed E-state index contributed by atoms with van der Waals surface area (Å²) >= 11 is 12.0. The Morgan fingerprint density at radius 1 is 0.870 bits per heavy atom. The van der Waals surface area contributed by atoms with Crippen LogP contribution in [0.3, 0.4) is 0 Å². The molecule has 122 valence electrons. The van der Waals surface area contributed by atoms with Crippen molar-refractivity contribution in [3.05, 3.63) is 52.5 Å². The maximum Gasteiger partial charge on any atom is 0.243 e. The molecule has 1 saturated heterocycles. The summed E-state index contributed by atoms with van der Waals surface area (Å²) in [5.74, 6) is 0. The molecule has 0 aromatic heterocycles. The van der Waals surface area contributed by atoms with Crippen LogP contribution in [0, 0.1) is 0 Å². The summed E-state index contributed by atoms with van der Waals surface area (Å²) in [5, 5.41) is 4.24. The summed E-state index contributed by atoms with van der Waals surface area (Å²) in [6, 6.07) is 12.1. The van der Waals surface area contributed by atoms with Crippen molar-refractivity contribution in [1.29, 1.82) is 0 Å². The molecule has 0 amide bonds. The molecule has 0 aliphatic carbocycles. The maximum absolute atomic E-state index is 12.6. The standard InChI is InChI=1S/C16H16Cl2N2O2S/c17-14-9-13(10-15(18)11-14)12-1-3-16(4-2-12)23(21,22)20-7-5-19-6-8-20/h1-4,9-11,19H,5-8H2. The van der Waals surface area contributed by atoms with E-state index in [1.54, 1.807) is 42.5 Å². The summed E-state index contributed by atoms with van der Waals surface area (Å²) in [7, 11) is -3.44. The van der Waals surface area contributed by atoms with Gasteiger partial charge in [0.25, 0.3) is 0 Å². The van der Waals surface area contributed by atoms with Gasteiger partial charge in [-0.2, -0.15) is 4.31 Å². The first-order chi connectivity index (χ1) is 11.0. The fourth-order valence-corrected chi connectivity index (χ4v) is 4.54. The predicted octanol–water partition coefficient (Wildman–Crippen LogP) is 3.25. The molecule has 0 bridgehead atoms. The topological polar surface area (TPSA) is 49.4 Å². The highest BCUT2D eigenvalue weighted by Crippen LogP contribution is 2.28. The highest BCUT2D eigenvalue weighted by atomic mass is 35.5. The van der Waals surface area contributed by atoms with Gasteiger partial charge in [-0.25, -0.2) is 8.42 Å². The van der Waals surface area contributed by atoms with Crippen molar-refractivity contribution in [2.75, 3.05) is 26.2 Å². The summed E-state index contributed by atoms with van der Waals surface area (Å²) in [6.45, 7) is 2.35. The second-order valence-corrected chi connectivity index (χ2v) is 8.15. The highest BCUT2D eigenvalue weighted by molar-refractivity contribution is 7.89. The van der Waals surface area contributed by atoms with Crippen LogP contribution in [0.15, 0.2) is 47.4 Å². The Hall–Kier alpha value is -1.11. The molecule has 0 atom stereocenters. The van der Waals surface area contributed by atoms with Crippen LogP contribution in [0.1, 0.15) is 0 Å². The molecule has 23 heavy (non-hydrogen) atoms. The van der Waals surface area contributed by atoms with Gasteiger partial charge in [-0.1, -0.05) is 35.3 Å². The minimum absolute atomic E-state index is 0.302. The first-order valence-corrected chi connectivity index (χ1v) is 9.44. The second kappa shape index (κ2) is 6.79. The van der Waals surface area contributed by atoms with E-state index in [4.69, 9.17) is 23.2 Å². The first-order valence-electron chi connectivity index (χ1n) is 7.24. The van der Waals surface area contributed by atoms with Crippen molar-refractivity contribution >= 4 is 33.2 Å². The lowest BCUT2D eigenvalue weighted by molar-refractivity contribution is 0.360. The van der Waals surface area contributed by atoms with Crippen molar-refractivity contribution in [2.24, 2.45) is 0 Å². The quantitative estimate of drug-likeness (QED) is 0.901. The van der Waals surface area contributed by atoms with Crippen molar-refractivity contribution < 1.29 is 8.42 Å². The summed E-state index contributed by atoms with van der Waals surface area (Å²) < 4.78 is 26.7. The van der Waals surface area contributed by atoms with Crippen LogP contribution >= 0.6 is 23.2 Å². The third kappa shape index (κ3) is 3.70. The first kappa shape index (κ1) is 16.7. The average Bonchev–Trinajstić information content (AvgIpc) is 2.55. The van der Waals surface area contributed by atoms with Gasteiger partial charge in [-0.05, 0) is 41.5 Å². The SMILES string of the molecule is O=S(=O)(c1ccc(-c2cc(Cl)cc(Cl)c2)cc1)N1CCNCC1. The fraction of sp³-hybridized carbons (Fsp3) is 0.250.